The van der Waals surface area contributed by atoms with Crippen molar-refractivity contribution in [2.75, 3.05) is 26.2 Å². The second-order valence-electron chi connectivity index (χ2n) is 7.24. The summed E-state index contributed by atoms with van der Waals surface area (Å²) in [5.41, 5.74) is 0.730. The Bertz CT molecular complexity index is 1010. The van der Waals surface area contributed by atoms with E-state index in [1.165, 1.54) is 0 Å². The van der Waals surface area contributed by atoms with Crippen LogP contribution in [0.4, 0.5) is 0 Å². The summed E-state index contributed by atoms with van der Waals surface area (Å²) in [4.78, 5) is 30.6. The summed E-state index contributed by atoms with van der Waals surface area (Å²) in [7, 11) is 0. The molecule has 6 nitrogen and oxygen atoms in total. The minimum atomic E-state index is -0.0503. The van der Waals surface area contributed by atoms with Crippen molar-refractivity contribution in [3.63, 3.8) is 0 Å². The number of nitrogens with zero attached hydrogens (tertiary/aromatic N) is 3. The minimum Gasteiger partial charge on any atom is -0.484 e. The number of hydrogen-bond acceptors (Lipinski definition) is 4. The standard InChI is InChI=1S/C22H25N3O3S/c1-3-24-19(13-17-9-12-29-22(17)24)21(27)23-10-11-25(16(2)14-23)20(26)15-28-18-7-5-4-6-8-18/h4-9,12-13,16H,3,10-11,14-15H2,1-2H3. The maximum atomic E-state index is 13.2. The maximum Gasteiger partial charge on any atom is 0.270 e. The smallest absolute Gasteiger partial charge is 0.270 e. The lowest BCUT2D eigenvalue weighted by Gasteiger charge is -2.39. The number of carbonyl (C=O) groups is 2. The first-order valence-electron chi connectivity index (χ1n) is 9.91. The molecule has 1 aromatic carbocycles. The van der Waals surface area contributed by atoms with E-state index in [0.29, 0.717) is 25.4 Å². The molecule has 1 unspecified atom stereocenters. The summed E-state index contributed by atoms with van der Waals surface area (Å²) in [6.07, 6.45) is 0. The van der Waals surface area contributed by atoms with Crippen LogP contribution in [-0.4, -0.2) is 58.5 Å². The summed E-state index contributed by atoms with van der Waals surface area (Å²) in [6.45, 7) is 6.39. The normalized spacial score (nSPS) is 17.0. The van der Waals surface area contributed by atoms with Crippen molar-refractivity contribution in [3.8, 4) is 5.75 Å². The highest BCUT2D eigenvalue weighted by atomic mass is 32.1. The molecule has 7 heteroatoms. The van der Waals surface area contributed by atoms with Gasteiger partial charge in [-0.3, -0.25) is 9.59 Å². The molecule has 1 saturated heterocycles. The Morgan fingerprint density at radius 2 is 1.97 bits per heavy atom. The molecular weight excluding hydrogens is 386 g/mol. The lowest BCUT2D eigenvalue weighted by molar-refractivity contribution is -0.137. The minimum absolute atomic E-state index is 0.0112. The summed E-state index contributed by atoms with van der Waals surface area (Å²) in [5.74, 6) is 0.670. The molecule has 0 N–H and O–H groups in total. The Morgan fingerprint density at radius 1 is 1.17 bits per heavy atom. The fraction of sp³-hybridized carbons (Fsp3) is 0.364. The van der Waals surface area contributed by atoms with E-state index in [0.717, 1.165) is 22.5 Å². The highest BCUT2D eigenvalue weighted by Crippen LogP contribution is 2.26. The van der Waals surface area contributed by atoms with Gasteiger partial charge < -0.3 is 19.1 Å². The molecule has 0 bridgehead atoms. The maximum absolute atomic E-state index is 13.2. The predicted molar refractivity (Wildman–Crippen MR) is 115 cm³/mol. The van der Waals surface area contributed by atoms with E-state index in [4.69, 9.17) is 4.74 Å². The monoisotopic (exact) mass is 411 g/mol. The van der Waals surface area contributed by atoms with Crippen LogP contribution in [0.15, 0.2) is 47.8 Å². The Balaban J connectivity index is 1.39. The van der Waals surface area contributed by atoms with Gasteiger partial charge in [0.05, 0.1) is 0 Å². The summed E-state index contributed by atoms with van der Waals surface area (Å²) >= 11 is 1.66. The number of benzene rings is 1. The molecule has 152 valence electrons. The molecule has 1 atom stereocenters. The van der Waals surface area contributed by atoms with Gasteiger partial charge in [0.2, 0.25) is 0 Å². The molecule has 2 aromatic heterocycles. The van der Waals surface area contributed by atoms with Gasteiger partial charge in [0.1, 0.15) is 16.3 Å². The third-order valence-electron chi connectivity index (χ3n) is 5.38. The van der Waals surface area contributed by atoms with Crippen LogP contribution >= 0.6 is 11.3 Å². The van der Waals surface area contributed by atoms with Crippen molar-refractivity contribution in [3.05, 3.63) is 53.5 Å². The van der Waals surface area contributed by atoms with Crippen LogP contribution in [0.25, 0.3) is 10.2 Å². The topological polar surface area (TPSA) is 54.8 Å². The number of ether oxygens (including phenoxy) is 1. The average molecular weight is 412 g/mol. The van der Waals surface area contributed by atoms with Crippen molar-refractivity contribution in [2.45, 2.75) is 26.4 Å². The van der Waals surface area contributed by atoms with Gasteiger partial charge in [0, 0.05) is 37.6 Å². The lowest BCUT2D eigenvalue weighted by atomic mass is 10.1. The molecule has 2 amide bonds. The lowest BCUT2D eigenvalue weighted by Crippen LogP contribution is -2.56. The van der Waals surface area contributed by atoms with Crippen molar-refractivity contribution in [1.82, 2.24) is 14.4 Å². The largest absolute Gasteiger partial charge is 0.484 e. The van der Waals surface area contributed by atoms with Crippen LogP contribution in [0.2, 0.25) is 0 Å². The third kappa shape index (κ3) is 3.87. The quantitative estimate of drug-likeness (QED) is 0.646. The molecule has 0 spiro atoms. The second kappa shape index (κ2) is 8.29. The Labute approximate surface area is 174 Å². The van der Waals surface area contributed by atoms with Gasteiger partial charge in [-0.2, -0.15) is 0 Å². The molecule has 1 fully saturated rings. The van der Waals surface area contributed by atoms with Gasteiger partial charge in [-0.25, -0.2) is 0 Å². The first-order chi connectivity index (χ1) is 14.1. The van der Waals surface area contributed by atoms with E-state index in [-0.39, 0.29) is 24.5 Å². The number of para-hydroxylation sites is 1. The fourth-order valence-corrected chi connectivity index (χ4v) is 4.85. The van der Waals surface area contributed by atoms with Gasteiger partial charge >= 0.3 is 0 Å². The molecule has 3 heterocycles. The van der Waals surface area contributed by atoms with Crippen molar-refractivity contribution in [1.29, 1.82) is 0 Å². The predicted octanol–water partition coefficient (Wildman–Crippen LogP) is 3.47. The third-order valence-corrected chi connectivity index (χ3v) is 6.33. The van der Waals surface area contributed by atoms with E-state index in [2.05, 4.69) is 22.9 Å². The van der Waals surface area contributed by atoms with Crippen LogP contribution in [0.5, 0.6) is 5.75 Å². The Hall–Kier alpha value is -2.80. The second-order valence-corrected chi connectivity index (χ2v) is 8.14. The van der Waals surface area contributed by atoms with E-state index in [9.17, 15) is 9.59 Å². The fourth-order valence-electron chi connectivity index (χ4n) is 3.89. The van der Waals surface area contributed by atoms with Crippen molar-refractivity contribution < 1.29 is 14.3 Å². The van der Waals surface area contributed by atoms with Gasteiger partial charge in [-0.15, -0.1) is 11.3 Å². The first-order valence-corrected chi connectivity index (χ1v) is 10.8. The highest BCUT2D eigenvalue weighted by molar-refractivity contribution is 7.16. The first kappa shape index (κ1) is 19.5. The van der Waals surface area contributed by atoms with E-state index >= 15 is 0 Å². The zero-order valence-electron chi connectivity index (χ0n) is 16.7. The molecule has 0 saturated carbocycles. The number of carbonyl (C=O) groups excluding carboxylic acids is 2. The van der Waals surface area contributed by atoms with Gasteiger partial charge in [-0.05, 0) is 43.5 Å². The number of fused-ring (bicyclic) bond motifs is 1. The molecule has 4 rings (SSSR count). The van der Waals surface area contributed by atoms with Crippen LogP contribution in [0, 0.1) is 0 Å². The van der Waals surface area contributed by atoms with Crippen molar-refractivity contribution >= 4 is 33.4 Å². The molecule has 0 radical (unpaired) electrons. The molecule has 0 aliphatic carbocycles. The number of piperazine rings is 1. The number of aromatic nitrogens is 1. The summed E-state index contributed by atoms with van der Waals surface area (Å²) < 4.78 is 7.68. The summed E-state index contributed by atoms with van der Waals surface area (Å²) in [6, 6.07) is 13.3. The number of thiophene rings is 1. The molecule has 29 heavy (non-hydrogen) atoms. The van der Waals surface area contributed by atoms with E-state index in [1.54, 1.807) is 11.3 Å². The van der Waals surface area contributed by atoms with E-state index in [1.807, 2.05) is 53.1 Å². The summed E-state index contributed by atoms with van der Waals surface area (Å²) in [5, 5.41) is 3.16. The number of amides is 2. The van der Waals surface area contributed by atoms with Crippen molar-refractivity contribution in [2.24, 2.45) is 0 Å². The number of rotatable bonds is 5. The van der Waals surface area contributed by atoms with E-state index < -0.39 is 0 Å². The van der Waals surface area contributed by atoms with Crippen LogP contribution in [-0.2, 0) is 11.3 Å². The van der Waals surface area contributed by atoms with Gasteiger partial charge in [0.15, 0.2) is 6.61 Å². The van der Waals surface area contributed by atoms with Gasteiger partial charge in [-0.1, -0.05) is 18.2 Å². The van der Waals surface area contributed by atoms with Crippen LogP contribution < -0.4 is 4.74 Å². The van der Waals surface area contributed by atoms with Crippen LogP contribution in [0.1, 0.15) is 24.3 Å². The molecule has 1 aliphatic rings. The Kier molecular flexibility index (Phi) is 5.58. The highest BCUT2D eigenvalue weighted by Gasteiger charge is 2.31. The molecular formula is C22H25N3O3S. The SMILES string of the molecule is CCn1c(C(=O)N2CCN(C(=O)COc3ccccc3)C(C)C2)cc2ccsc21. The van der Waals surface area contributed by atoms with Crippen LogP contribution in [0.3, 0.4) is 0 Å². The molecule has 3 aromatic rings. The molecule has 1 aliphatic heterocycles. The Morgan fingerprint density at radius 3 is 2.69 bits per heavy atom. The average Bonchev–Trinajstić information content (AvgIpc) is 3.33. The number of hydrogen-bond donors (Lipinski definition) is 0. The van der Waals surface area contributed by atoms with Gasteiger partial charge in [0.25, 0.3) is 11.8 Å². The zero-order chi connectivity index (χ0) is 20.4. The zero-order valence-corrected chi connectivity index (χ0v) is 17.5. The number of aryl methyl sites for hydroxylation is 1.